The number of rotatable bonds is 6. The lowest BCUT2D eigenvalue weighted by Crippen LogP contribution is -2.32. The summed E-state index contributed by atoms with van der Waals surface area (Å²) in [6.45, 7) is 2.35. The van der Waals surface area contributed by atoms with Crippen LogP contribution in [-0.2, 0) is 13.0 Å². The Labute approximate surface area is 170 Å². The van der Waals surface area contributed by atoms with Gasteiger partial charge >= 0.3 is 0 Å². The van der Waals surface area contributed by atoms with Crippen LogP contribution in [0.3, 0.4) is 0 Å². The average Bonchev–Trinajstić information content (AvgIpc) is 3.02. The molecule has 2 aromatic carbocycles. The number of benzene rings is 2. The van der Waals surface area contributed by atoms with Gasteiger partial charge in [-0.1, -0.05) is 36.4 Å². The van der Waals surface area contributed by atoms with Crippen LogP contribution < -0.4 is 9.47 Å². The number of carbonyl (C=O) groups is 1. The molecule has 0 N–H and O–H groups in total. The van der Waals surface area contributed by atoms with Crippen molar-refractivity contribution in [2.24, 2.45) is 0 Å². The van der Waals surface area contributed by atoms with Crippen molar-refractivity contribution in [1.29, 1.82) is 0 Å². The van der Waals surface area contributed by atoms with E-state index < -0.39 is 0 Å². The number of carbonyl (C=O) groups excluding carboxylic acids is 1. The van der Waals surface area contributed by atoms with Crippen molar-refractivity contribution in [3.05, 3.63) is 89.7 Å². The number of pyridine rings is 1. The Bertz CT molecular complexity index is 945. The first-order valence-electron chi connectivity index (χ1n) is 9.91. The van der Waals surface area contributed by atoms with Crippen LogP contribution in [0.25, 0.3) is 0 Å². The maximum Gasteiger partial charge on any atom is 0.254 e. The minimum absolute atomic E-state index is 0.0274. The Hall–Kier alpha value is -3.34. The van der Waals surface area contributed by atoms with E-state index in [1.165, 1.54) is 5.56 Å². The zero-order valence-corrected chi connectivity index (χ0v) is 16.3. The van der Waals surface area contributed by atoms with Crippen LogP contribution in [-0.4, -0.2) is 35.5 Å². The first-order valence-corrected chi connectivity index (χ1v) is 9.91. The van der Waals surface area contributed by atoms with E-state index in [9.17, 15) is 4.79 Å². The number of ether oxygens (including phenoxy) is 2. The lowest BCUT2D eigenvalue weighted by molar-refractivity contribution is 0.0744. The van der Waals surface area contributed by atoms with Gasteiger partial charge in [0.25, 0.3) is 5.91 Å². The standard InChI is InChI=1S/C24H24N2O3/c27-24(21-9-10-22-23(16-21)29-15-5-14-28-22)26(18-20-8-4-12-25-17-20)13-11-19-6-2-1-3-7-19/h1-4,6-10,12,16-17H,5,11,13-15,18H2. The van der Waals surface area contributed by atoms with E-state index in [0.29, 0.717) is 43.4 Å². The Morgan fingerprint density at radius 3 is 2.52 bits per heavy atom. The zero-order chi connectivity index (χ0) is 19.9. The van der Waals surface area contributed by atoms with Crippen LogP contribution >= 0.6 is 0 Å². The highest BCUT2D eigenvalue weighted by molar-refractivity contribution is 5.95. The fourth-order valence-corrected chi connectivity index (χ4v) is 3.35. The van der Waals surface area contributed by atoms with Gasteiger partial charge < -0.3 is 14.4 Å². The fraction of sp³-hybridized carbons (Fsp3) is 0.250. The van der Waals surface area contributed by atoms with Gasteiger partial charge in [0.1, 0.15) is 0 Å². The topological polar surface area (TPSA) is 51.7 Å². The summed E-state index contributed by atoms with van der Waals surface area (Å²) < 4.78 is 11.4. The SMILES string of the molecule is O=C(c1ccc2c(c1)OCCCO2)N(CCc1ccccc1)Cc1cccnc1. The van der Waals surface area contributed by atoms with Crippen molar-refractivity contribution >= 4 is 5.91 Å². The normalized spacial score (nSPS) is 12.8. The summed E-state index contributed by atoms with van der Waals surface area (Å²) >= 11 is 0. The lowest BCUT2D eigenvalue weighted by atomic mass is 10.1. The van der Waals surface area contributed by atoms with E-state index in [4.69, 9.17) is 9.47 Å². The lowest BCUT2D eigenvalue weighted by Gasteiger charge is -2.23. The molecule has 0 atom stereocenters. The molecule has 5 nitrogen and oxygen atoms in total. The van der Waals surface area contributed by atoms with Crippen LogP contribution in [0.15, 0.2) is 73.1 Å². The molecule has 148 valence electrons. The fourth-order valence-electron chi connectivity index (χ4n) is 3.35. The van der Waals surface area contributed by atoms with E-state index in [-0.39, 0.29) is 5.91 Å². The summed E-state index contributed by atoms with van der Waals surface area (Å²) in [5.41, 5.74) is 2.81. The Morgan fingerprint density at radius 1 is 0.931 bits per heavy atom. The summed E-state index contributed by atoms with van der Waals surface area (Å²) in [6.07, 6.45) is 5.17. The highest BCUT2D eigenvalue weighted by Crippen LogP contribution is 2.31. The summed E-state index contributed by atoms with van der Waals surface area (Å²) in [7, 11) is 0. The van der Waals surface area contributed by atoms with Gasteiger partial charge in [-0.05, 0) is 41.8 Å². The molecule has 0 spiro atoms. The van der Waals surface area contributed by atoms with Crippen LogP contribution in [0.5, 0.6) is 11.5 Å². The molecule has 0 aliphatic carbocycles. The second kappa shape index (κ2) is 9.24. The highest BCUT2D eigenvalue weighted by Gasteiger charge is 2.19. The van der Waals surface area contributed by atoms with Crippen LogP contribution in [0.4, 0.5) is 0 Å². The largest absolute Gasteiger partial charge is 0.490 e. The first-order chi connectivity index (χ1) is 14.3. The van der Waals surface area contributed by atoms with E-state index >= 15 is 0 Å². The maximum absolute atomic E-state index is 13.4. The summed E-state index contributed by atoms with van der Waals surface area (Å²) in [5.74, 6) is 1.31. The van der Waals surface area contributed by atoms with Gasteiger partial charge in [0.15, 0.2) is 11.5 Å². The molecule has 2 heterocycles. The molecule has 0 unspecified atom stereocenters. The number of hydrogen-bond acceptors (Lipinski definition) is 4. The summed E-state index contributed by atoms with van der Waals surface area (Å²) in [4.78, 5) is 19.4. The number of hydrogen-bond donors (Lipinski definition) is 0. The monoisotopic (exact) mass is 388 g/mol. The minimum Gasteiger partial charge on any atom is -0.490 e. The maximum atomic E-state index is 13.4. The molecule has 1 aliphatic heterocycles. The van der Waals surface area contributed by atoms with Gasteiger partial charge in [-0.25, -0.2) is 0 Å². The second-order valence-corrected chi connectivity index (χ2v) is 7.04. The summed E-state index contributed by atoms with van der Waals surface area (Å²) in [6, 6.07) is 19.5. The highest BCUT2D eigenvalue weighted by atomic mass is 16.5. The Balaban J connectivity index is 1.55. The van der Waals surface area contributed by atoms with E-state index in [1.54, 1.807) is 18.5 Å². The molecule has 0 saturated heterocycles. The van der Waals surface area contributed by atoms with Crippen molar-refractivity contribution in [2.45, 2.75) is 19.4 Å². The van der Waals surface area contributed by atoms with Gasteiger partial charge in [-0.2, -0.15) is 0 Å². The van der Waals surface area contributed by atoms with Gasteiger partial charge in [-0.3, -0.25) is 9.78 Å². The average molecular weight is 388 g/mol. The molecular formula is C24H24N2O3. The number of fused-ring (bicyclic) bond motifs is 1. The molecule has 0 fully saturated rings. The molecule has 29 heavy (non-hydrogen) atoms. The molecule has 3 aromatic rings. The molecule has 0 radical (unpaired) electrons. The Morgan fingerprint density at radius 2 is 1.72 bits per heavy atom. The molecule has 0 bridgehead atoms. The molecular weight excluding hydrogens is 364 g/mol. The molecule has 4 rings (SSSR count). The molecule has 1 aromatic heterocycles. The van der Waals surface area contributed by atoms with Crippen molar-refractivity contribution < 1.29 is 14.3 Å². The van der Waals surface area contributed by atoms with E-state index in [0.717, 1.165) is 18.4 Å². The quantitative estimate of drug-likeness (QED) is 0.637. The van der Waals surface area contributed by atoms with Gasteiger partial charge in [-0.15, -0.1) is 0 Å². The third kappa shape index (κ3) is 4.93. The van der Waals surface area contributed by atoms with Crippen molar-refractivity contribution in [3.8, 4) is 11.5 Å². The summed E-state index contributed by atoms with van der Waals surface area (Å²) in [5, 5.41) is 0. The minimum atomic E-state index is -0.0274. The Kier molecular flexibility index (Phi) is 6.05. The number of amides is 1. The molecule has 0 saturated carbocycles. The third-order valence-electron chi connectivity index (χ3n) is 4.89. The zero-order valence-electron chi connectivity index (χ0n) is 16.3. The van der Waals surface area contributed by atoms with Crippen LogP contribution in [0.2, 0.25) is 0 Å². The first kappa shape index (κ1) is 19.0. The molecule has 5 heteroatoms. The van der Waals surface area contributed by atoms with E-state index in [2.05, 4.69) is 17.1 Å². The van der Waals surface area contributed by atoms with Crippen LogP contribution in [0.1, 0.15) is 27.9 Å². The van der Waals surface area contributed by atoms with Gasteiger partial charge in [0.05, 0.1) is 13.2 Å². The smallest absolute Gasteiger partial charge is 0.254 e. The second-order valence-electron chi connectivity index (χ2n) is 7.04. The third-order valence-corrected chi connectivity index (χ3v) is 4.89. The van der Waals surface area contributed by atoms with Crippen LogP contribution in [0, 0.1) is 0 Å². The van der Waals surface area contributed by atoms with Crippen molar-refractivity contribution in [2.75, 3.05) is 19.8 Å². The van der Waals surface area contributed by atoms with Crippen molar-refractivity contribution in [1.82, 2.24) is 9.88 Å². The molecule has 1 amide bonds. The number of nitrogens with zero attached hydrogens (tertiary/aromatic N) is 2. The predicted molar refractivity (Wildman–Crippen MR) is 111 cm³/mol. The van der Waals surface area contributed by atoms with E-state index in [1.807, 2.05) is 47.4 Å². The number of aromatic nitrogens is 1. The van der Waals surface area contributed by atoms with Gasteiger partial charge in [0.2, 0.25) is 0 Å². The molecule has 1 aliphatic rings. The predicted octanol–water partition coefficient (Wildman–Crippen LogP) is 4.13. The van der Waals surface area contributed by atoms with Crippen molar-refractivity contribution in [3.63, 3.8) is 0 Å². The van der Waals surface area contributed by atoms with Gasteiger partial charge in [0, 0.05) is 37.5 Å².